The van der Waals surface area contributed by atoms with Gasteiger partial charge in [-0.05, 0) is 24.3 Å². The first-order valence-corrected chi connectivity index (χ1v) is 5.67. The molecule has 20 heavy (non-hydrogen) atoms. The average Bonchev–Trinajstić information content (AvgIpc) is 2.40. The van der Waals surface area contributed by atoms with Crippen molar-refractivity contribution in [3.63, 3.8) is 0 Å². The maximum absolute atomic E-state index is 11.3. The molecule has 0 spiro atoms. The molecule has 6 heteroatoms. The fourth-order valence-electron chi connectivity index (χ4n) is 1.19. The summed E-state index contributed by atoms with van der Waals surface area (Å²) in [5, 5.41) is 6.06. The predicted molar refractivity (Wildman–Crippen MR) is 75.6 cm³/mol. The third-order valence-corrected chi connectivity index (χ3v) is 1.89. The van der Waals surface area contributed by atoms with E-state index < -0.39 is 6.16 Å². The number of benzene rings is 2. The van der Waals surface area contributed by atoms with Crippen LogP contribution in [0.15, 0.2) is 60.7 Å². The number of carbonyl (C=O) groups excluding carboxylic acids is 1. The molecule has 2 rings (SSSR count). The van der Waals surface area contributed by atoms with Crippen molar-refractivity contribution in [1.82, 2.24) is 0 Å². The maximum Gasteiger partial charge on any atom is 0.519 e. The van der Waals surface area contributed by atoms with E-state index in [1.807, 2.05) is 12.1 Å². The summed E-state index contributed by atoms with van der Waals surface area (Å²) >= 11 is 0. The van der Waals surface area contributed by atoms with Gasteiger partial charge in [-0.3, -0.25) is 5.41 Å². The van der Waals surface area contributed by atoms with Gasteiger partial charge >= 0.3 is 6.16 Å². The molecule has 0 fully saturated rings. The minimum atomic E-state index is -0.739. The highest BCUT2D eigenvalue weighted by atomic mass is 16.7. The number of nitrogens with two attached hydrogens (primary N) is 2. The molecule has 5 N–H and O–H groups in total. The highest BCUT2D eigenvalue weighted by Crippen LogP contribution is 2.12. The minimum absolute atomic E-state index is 0.333. The van der Waals surface area contributed by atoms with Crippen molar-refractivity contribution >= 4 is 12.1 Å². The smallest absolute Gasteiger partial charge is 0.395 e. The first kappa shape index (κ1) is 15.0. The fraction of sp³-hybridized carbons (Fsp3) is 0. The Morgan fingerprint density at radius 2 is 1.10 bits per heavy atom. The topological polar surface area (TPSA) is 111 Å². The number of guanidine groups is 1. The van der Waals surface area contributed by atoms with E-state index in [9.17, 15) is 4.79 Å². The normalized spacial score (nSPS) is 8.80. The molecule has 0 radical (unpaired) electrons. The summed E-state index contributed by atoms with van der Waals surface area (Å²) in [5.74, 6) is 0.590. The van der Waals surface area contributed by atoms with Crippen LogP contribution in [0.3, 0.4) is 0 Å². The summed E-state index contributed by atoms with van der Waals surface area (Å²) < 4.78 is 9.91. The lowest BCUT2D eigenvalue weighted by molar-refractivity contribution is 0.152. The Kier molecular flexibility index (Phi) is 6.13. The zero-order valence-electron chi connectivity index (χ0n) is 10.7. The van der Waals surface area contributed by atoms with Crippen LogP contribution in [0.4, 0.5) is 4.79 Å². The molecule has 6 nitrogen and oxygen atoms in total. The van der Waals surface area contributed by atoms with Gasteiger partial charge in [-0.2, -0.15) is 0 Å². The van der Waals surface area contributed by atoms with Crippen LogP contribution in [0.25, 0.3) is 0 Å². The summed E-state index contributed by atoms with van der Waals surface area (Å²) in [5.41, 5.74) is 8.94. The molecule has 0 aromatic heterocycles. The molecule has 2 aromatic carbocycles. The first-order chi connectivity index (χ1) is 9.58. The highest BCUT2D eigenvalue weighted by molar-refractivity contribution is 5.71. The summed E-state index contributed by atoms with van der Waals surface area (Å²) in [6, 6.07) is 17.6. The van der Waals surface area contributed by atoms with Gasteiger partial charge in [-0.1, -0.05) is 36.4 Å². The summed E-state index contributed by atoms with van der Waals surface area (Å²) in [4.78, 5) is 11.3. The van der Waals surface area contributed by atoms with Crippen LogP contribution in [0, 0.1) is 5.41 Å². The van der Waals surface area contributed by atoms with Crippen molar-refractivity contribution in [2.45, 2.75) is 0 Å². The Hall–Kier alpha value is -3.02. The van der Waals surface area contributed by atoms with Crippen LogP contribution in [0.1, 0.15) is 0 Å². The van der Waals surface area contributed by atoms with Crippen molar-refractivity contribution < 1.29 is 14.3 Å². The number of rotatable bonds is 2. The van der Waals surface area contributed by atoms with Crippen molar-refractivity contribution in [3.8, 4) is 11.5 Å². The van der Waals surface area contributed by atoms with Gasteiger partial charge in [-0.25, -0.2) is 4.79 Å². The lowest BCUT2D eigenvalue weighted by Crippen LogP contribution is -2.20. The molecule has 104 valence electrons. The van der Waals surface area contributed by atoms with Crippen molar-refractivity contribution in [2.24, 2.45) is 11.5 Å². The van der Waals surface area contributed by atoms with E-state index in [0.717, 1.165) is 0 Å². The van der Waals surface area contributed by atoms with Gasteiger partial charge < -0.3 is 20.9 Å². The van der Waals surface area contributed by atoms with Gasteiger partial charge in [0.05, 0.1) is 0 Å². The van der Waals surface area contributed by atoms with Gasteiger partial charge in [0.25, 0.3) is 0 Å². The third kappa shape index (κ3) is 6.65. The van der Waals surface area contributed by atoms with Gasteiger partial charge in [0.2, 0.25) is 0 Å². The molecule has 0 aliphatic carbocycles. The van der Waals surface area contributed by atoms with Crippen LogP contribution >= 0.6 is 0 Å². The second-order valence-electron chi connectivity index (χ2n) is 3.54. The van der Waals surface area contributed by atoms with Crippen LogP contribution in [-0.4, -0.2) is 12.1 Å². The van der Waals surface area contributed by atoms with E-state index in [1.54, 1.807) is 48.5 Å². The van der Waals surface area contributed by atoms with Crippen molar-refractivity contribution in [2.75, 3.05) is 0 Å². The molecule has 0 aliphatic heterocycles. The SMILES string of the molecule is N=C(N)N.O=C(Oc1ccccc1)Oc1ccccc1. The molecule has 0 heterocycles. The monoisotopic (exact) mass is 273 g/mol. The van der Waals surface area contributed by atoms with Crippen LogP contribution in [-0.2, 0) is 0 Å². The molecule has 0 saturated carbocycles. The maximum atomic E-state index is 11.3. The van der Waals surface area contributed by atoms with Gasteiger partial charge in [0.15, 0.2) is 5.96 Å². The molecule has 2 aromatic rings. The van der Waals surface area contributed by atoms with E-state index in [4.69, 9.17) is 14.9 Å². The quantitative estimate of drug-likeness (QED) is 0.336. The molecule has 0 unspecified atom stereocenters. The van der Waals surface area contributed by atoms with Crippen molar-refractivity contribution in [3.05, 3.63) is 60.7 Å². The number of hydrogen-bond donors (Lipinski definition) is 3. The zero-order valence-corrected chi connectivity index (χ0v) is 10.7. The van der Waals surface area contributed by atoms with Gasteiger partial charge in [0, 0.05) is 0 Å². The van der Waals surface area contributed by atoms with Gasteiger partial charge in [0.1, 0.15) is 11.5 Å². The fourth-order valence-corrected chi connectivity index (χ4v) is 1.19. The van der Waals surface area contributed by atoms with Crippen LogP contribution in [0.5, 0.6) is 11.5 Å². The molecular formula is C14H15N3O3. The summed E-state index contributed by atoms with van der Waals surface area (Å²) in [7, 11) is 0. The highest BCUT2D eigenvalue weighted by Gasteiger charge is 2.06. The lowest BCUT2D eigenvalue weighted by atomic mass is 10.3. The van der Waals surface area contributed by atoms with E-state index >= 15 is 0 Å². The second kappa shape index (κ2) is 8.15. The first-order valence-electron chi connectivity index (χ1n) is 5.67. The predicted octanol–water partition coefficient (Wildman–Crippen LogP) is 2.10. The number of para-hydroxylation sites is 2. The number of ether oxygens (including phenoxy) is 2. The zero-order chi connectivity index (χ0) is 14.8. The third-order valence-electron chi connectivity index (χ3n) is 1.89. The Labute approximate surface area is 116 Å². The standard InChI is InChI=1S/C13H10O3.CH5N3/c14-13(15-11-7-3-1-4-8-11)16-12-9-5-2-6-10-12;2-1(3)4/h1-10H;(H5,2,3,4). The Morgan fingerprint density at radius 1 is 0.800 bits per heavy atom. The molecular weight excluding hydrogens is 258 g/mol. The van der Waals surface area contributed by atoms with E-state index in [1.165, 1.54) is 0 Å². The molecule has 0 bridgehead atoms. The minimum Gasteiger partial charge on any atom is -0.395 e. The van der Waals surface area contributed by atoms with E-state index in [-0.39, 0.29) is 5.96 Å². The van der Waals surface area contributed by atoms with E-state index in [2.05, 4.69) is 11.5 Å². The summed E-state index contributed by atoms with van der Waals surface area (Å²) in [6.45, 7) is 0. The molecule has 0 aliphatic rings. The average molecular weight is 273 g/mol. The van der Waals surface area contributed by atoms with E-state index in [0.29, 0.717) is 11.5 Å². The molecule has 0 amide bonds. The number of hydrogen-bond acceptors (Lipinski definition) is 4. The number of carbonyl (C=O) groups is 1. The largest absolute Gasteiger partial charge is 0.519 e. The van der Waals surface area contributed by atoms with Crippen LogP contribution < -0.4 is 20.9 Å². The Morgan fingerprint density at radius 3 is 1.40 bits per heavy atom. The van der Waals surface area contributed by atoms with Gasteiger partial charge in [-0.15, -0.1) is 0 Å². The molecule has 0 atom stereocenters. The Bertz CT molecular complexity index is 497. The lowest BCUT2D eigenvalue weighted by Gasteiger charge is -2.04. The Balaban J connectivity index is 0.000000444. The second-order valence-corrected chi connectivity index (χ2v) is 3.54. The van der Waals surface area contributed by atoms with Crippen molar-refractivity contribution in [1.29, 1.82) is 5.41 Å². The number of nitrogens with one attached hydrogen (secondary N) is 1. The molecule has 0 saturated heterocycles. The van der Waals surface area contributed by atoms with Crippen LogP contribution in [0.2, 0.25) is 0 Å². The summed E-state index contributed by atoms with van der Waals surface area (Å²) in [6.07, 6.45) is -0.739.